The molecule has 1 atom stereocenters. The minimum absolute atomic E-state index is 0.0132. The zero-order chi connectivity index (χ0) is 16.2. The molecule has 4 heteroatoms. The molecule has 1 saturated carbocycles. The molecule has 0 unspecified atom stereocenters. The molecule has 1 heterocycles. The van der Waals surface area contributed by atoms with Gasteiger partial charge in [-0.2, -0.15) is 5.26 Å². The van der Waals surface area contributed by atoms with E-state index in [-0.39, 0.29) is 11.9 Å². The molecular weight excluding hydrogens is 288 g/mol. The predicted octanol–water partition coefficient (Wildman–Crippen LogP) is 3.92. The number of benzene rings is 1. The van der Waals surface area contributed by atoms with E-state index >= 15 is 0 Å². The highest BCUT2D eigenvalue weighted by atomic mass is 16.3. The maximum Gasteiger partial charge on any atom is 0.247 e. The number of nitriles is 1. The lowest BCUT2D eigenvalue weighted by molar-refractivity contribution is -0.129. The van der Waals surface area contributed by atoms with E-state index in [4.69, 9.17) is 9.68 Å². The molecule has 0 spiro atoms. The average molecular weight is 306 g/mol. The van der Waals surface area contributed by atoms with E-state index < -0.39 is 0 Å². The molecule has 3 rings (SSSR count). The van der Waals surface area contributed by atoms with Crippen LogP contribution in [0.1, 0.15) is 42.7 Å². The normalized spacial score (nSPS) is 15.3. The van der Waals surface area contributed by atoms with Gasteiger partial charge >= 0.3 is 0 Å². The quantitative estimate of drug-likeness (QED) is 0.787. The number of nitrogens with zero attached hydrogens (tertiary/aromatic N) is 2. The SMILES string of the molecule is C[C@@H](c1ccco1)N(C(=O)/C=C\c1ccc(C#N)cc1)C1CC1. The molecule has 0 aliphatic heterocycles. The zero-order valence-electron chi connectivity index (χ0n) is 13.0. The van der Waals surface area contributed by atoms with Crippen molar-refractivity contribution in [3.05, 3.63) is 65.6 Å². The summed E-state index contributed by atoms with van der Waals surface area (Å²) in [6.45, 7) is 1.99. The molecular formula is C19H18N2O2. The van der Waals surface area contributed by atoms with E-state index in [1.165, 1.54) is 0 Å². The summed E-state index contributed by atoms with van der Waals surface area (Å²) < 4.78 is 5.44. The van der Waals surface area contributed by atoms with Crippen LogP contribution >= 0.6 is 0 Å². The van der Waals surface area contributed by atoms with Crippen molar-refractivity contribution < 1.29 is 9.21 Å². The molecule has 1 aliphatic carbocycles. The van der Waals surface area contributed by atoms with Crippen molar-refractivity contribution in [3.8, 4) is 6.07 Å². The second kappa shape index (κ2) is 6.53. The van der Waals surface area contributed by atoms with Gasteiger partial charge in [-0.3, -0.25) is 4.79 Å². The molecule has 23 heavy (non-hydrogen) atoms. The summed E-state index contributed by atoms with van der Waals surface area (Å²) in [4.78, 5) is 14.5. The van der Waals surface area contributed by atoms with E-state index in [1.54, 1.807) is 30.5 Å². The van der Waals surface area contributed by atoms with E-state index in [0.717, 1.165) is 24.2 Å². The van der Waals surface area contributed by atoms with Gasteiger partial charge in [0, 0.05) is 12.1 Å². The average Bonchev–Trinajstić information content (AvgIpc) is 3.25. The zero-order valence-corrected chi connectivity index (χ0v) is 13.0. The monoisotopic (exact) mass is 306 g/mol. The predicted molar refractivity (Wildman–Crippen MR) is 87.2 cm³/mol. The van der Waals surface area contributed by atoms with Gasteiger partial charge in [-0.1, -0.05) is 12.1 Å². The van der Waals surface area contributed by atoms with Crippen LogP contribution in [0, 0.1) is 11.3 Å². The van der Waals surface area contributed by atoms with Crippen LogP contribution in [0.4, 0.5) is 0 Å². The Hall–Kier alpha value is -2.80. The van der Waals surface area contributed by atoms with Crippen LogP contribution < -0.4 is 0 Å². The number of hydrogen-bond donors (Lipinski definition) is 0. The summed E-state index contributed by atoms with van der Waals surface area (Å²) in [5.74, 6) is 0.790. The summed E-state index contributed by atoms with van der Waals surface area (Å²) in [5, 5.41) is 8.80. The van der Waals surface area contributed by atoms with Gasteiger partial charge in [-0.25, -0.2) is 0 Å². The van der Waals surface area contributed by atoms with E-state index in [9.17, 15) is 4.79 Å². The van der Waals surface area contributed by atoms with Gasteiger partial charge in [0.1, 0.15) is 5.76 Å². The fourth-order valence-corrected chi connectivity index (χ4v) is 2.63. The Morgan fingerprint density at radius 3 is 2.65 bits per heavy atom. The Labute approximate surface area is 135 Å². The molecule has 1 aromatic carbocycles. The fraction of sp³-hybridized carbons (Fsp3) is 0.263. The first-order chi connectivity index (χ1) is 11.2. The second-order valence-electron chi connectivity index (χ2n) is 5.74. The third-order valence-electron chi connectivity index (χ3n) is 4.03. The first kappa shape index (κ1) is 15.1. The number of carbonyl (C=O) groups is 1. The van der Waals surface area contributed by atoms with Crippen LogP contribution in [0.15, 0.2) is 53.2 Å². The Balaban J connectivity index is 1.73. The van der Waals surface area contributed by atoms with Crippen molar-refractivity contribution in [1.29, 1.82) is 5.26 Å². The van der Waals surface area contributed by atoms with Crippen LogP contribution in [-0.2, 0) is 4.79 Å². The van der Waals surface area contributed by atoms with Crippen LogP contribution in [0.5, 0.6) is 0 Å². The lowest BCUT2D eigenvalue weighted by Gasteiger charge is -2.26. The molecule has 2 aromatic rings. The minimum atomic E-state index is -0.0735. The van der Waals surface area contributed by atoms with Crippen LogP contribution in [0.3, 0.4) is 0 Å². The Bertz CT molecular complexity index is 735. The maximum absolute atomic E-state index is 12.6. The minimum Gasteiger partial charge on any atom is -0.467 e. The van der Waals surface area contributed by atoms with Crippen LogP contribution in [0.25, 0.3) is 6.08 Å². The third-order valence-corrected chi connectivity index (χ3v) is 4.03. The Morgan fingerprint density at radius 2 is 2.09 bits per heavy atom. The molecule has 116 valence electrons. The largest absolute Gasteiger partial charge is 0.467 e. The van der Waals surface area contributed by atoms with E-state index in [1.807, 2.05) is 36.1 Å². The van der Waals surface area contributed by atoms with Gasteiger partial charge in [0.2, 0.25) is 5.91 Å². The molecule has 0 radical (unpaired) electrons. The van der Waals surface area contributed by atoms with Crippen molar-refractivity contribution in [2.45, 2.75) is 31.8 Å². The Kier molecular flexibility index (Phi) is 4.29. The molecule has 1 aliphatic rings. The van der Waals surface area contributed by atoms with Gasteiger partial charge in [0.05, 0.1) is 23.9 Å². The van der Waals surface area contributed by atoms with Gasteiger partial charge in [-0.15, -0.1) is 0 Å². The second-order valence-corrected chi connectivity index (χ2v) is 5.74. The first-order valence-electron chi connectivity index (χ1n) is 7.73. The van der Waals surface area contributed by atoms with Gasteiger partial charge < -0.3 is 9.32 Å². The molecule has 0 bridgehead atoms. The summed E-state index contributed by atoms with van der Waals surface area (Å²) in [5.41, 5.74) is 1.51. The molecule has 1 aromatic heterocycles. The van der Waals surface area contributed by atoms with Gasteiger partial charge in [-0.05, 0) is 55.7 Å². The van der Waals surface area contributed by atoms with Crippen molar-refractivity contribution in [3.63, 3.8) is 0 Å². The molecule has 4 nitrogen and oxygen atoms in total. The van der Waals surface area contributed by atoms with Crippen LogP contribution in [0.2, 0.25) is 0 Å². The van der Waals surface area contributed by atoms with E-state index in [2.05, 4.69) is 6.07 Å². The lowest BCUT2D eigenvalue weighted by Crippen LogP contribution is -2.34. The number of carbonyl (C=O) groups excluding carboxylic acids is 1. The number of rotatable bonds is 5. The molecule has 1 amide bonds. The molecule has 0 saturated heterocycles. The van der Waals surface area contributed by atoms with Gasteiger partial charge in [0.15, 0.2) is 0 Å². The summed E-state index contributed by atoms with van der Waals surface area (Å²) >= 11 is 0. The van der Waals surface area contributed by atoms with Crippen molar-refractivity contribution in [2.75, 3.05) is 0 Å². The van der Waals surface area contributed by atoms with Crippen molar-refractivity contribution in [2.24, 2.45) is 0 Å². The highest BCUT2D eigenvalue weighted by Gasteiger charge is 2.36. The topological polar surface area (TPSA) is 57.2 Å². The summed E-state index contributed by atoms with van der Waals surface area (Å²) in [7, 11) is 0. The van der Waals surface area contributed by atoms with E-state index in [0.29, 0.717) is 11.6 Å². The Morgan fingerprint density at radius 1 is 1.35 bits per heavy atom. The highest BCUT2D eigenvalue weighted by molar-refractivity contribution is 5.92. The highest BCUT2D eigenvalue weighted by Crippen LogP contribution is 2.34. The number of furan rings is 1. The summed E-state index contributed by atoms with van der Waals surface area (Å²) in [6, 6.07) is 13.2. The standard InChI is InChI=1S/C19H18N2O2/c1-14(18-3-2-12-23-18)21(17-9-10-17)19(22)11-8-15-4-6-16(13-20)7-5-15/h2-8,11-12,14,17H,9-10H2,1H3/b11-8-/t14-/m0/s1. The molecule has 0 N–H and O–H groups in total. The van der Waals surface area contributed by atoms with Crippen molar-refractivity contribution >= 4 is 12.0 Å². The van der Waals surface area contributed by atoms with Gasteiger partial charge in [0.25, 0.3) is 0 Å². The third kappa shape index (κ3) is 3.51. The first-order valence-corrected chi connectivity index (χ1v) is 7.73. The number of hydrogen-bond acceptors (Lipinski definition) is 3. The smallest absolute Gasteiger partial charge is 0.247 e. The number of amides is 1. The fourth-order valence-electron chi connectivity index (χ4n) is 2.63. The van der Waals surface area contributed by atoms with Crippen LogP contribution in [-0.4, -0.2) is 16.8 Å². The molecule has 1 fully saturated rings. The lowest BCUT2D eigenvalue weighted by atomic mass is 10.1. The maximum atomic E-state index is 12.6. The summed E-state index contributed by atoms with van der Waals surface area (Å²) in [6.07, 6.45) is 7.10. The van der Waals surface area contributed by atoms with Crippen molar-refractivity contribution in [1.82, 2.24) is 4.90 Å².